The average Bonchev–Trinajstić information content (AvgIpc) is 3.27. The van der Waals surface area contributed by atoms with Crippen LogP contribution in [0.2, 0.25) is 0 Å². The Labute approximate surface area is 226 Å². The van der Waals surface area contributed by atoms with Gasteiger partial charge in [-0.25, -0.2) is 24.1 Å². The van der Waals surface area contributed by atoms with Crippen molar-refractivity contribution in [1.82, 2.24) is 24.4 Å². The molecule has 10 heteroatoms. The van der Waals surface area contributed by atoms with E-state index in [1.54, 1.807) is 46.0 Å². The smallest absolute Gasteiger partial charge is 0.410 e. The van der Waals surface area contributed by atoms with Crippen LogP contribution in [0.3, 0.4) is 0 Å². The van der Waals surface area contributed by atoms with Crippen LogP contribution in [-0.4, -0.2) is 61.8 Å². The summed E-state index contributed by atoms with van der Waals surface area (Å²) in [4.78, 5) is 30.4. The molecule has 5 rings (SSSR count). The second kappa shape index (κ2) is 9.98. The SMILES string of the molecule is Cc1cc(C#N)cc(-n2cc(-c3ccccc3F)c3c(N4CCN(C(=O)OC(C)(C)C)C[C@@H]4C)ncnc32)n1. The van der Waals surface area contributed by atoms with Crippen molar-refractivity contribution in [2.75, 3.05) is 24.5 Å². The summed E-state index contributed by atoms with van der Waals surface area (Å²) < 4.78 is 22.5. The number of benzene rings is 1. The van der Waals surface area contributed by atoms with Gasteiger partial charge in [0, 0.05) is 48.7 Å². The summed E-state index contributed by atoms with van der Waals surface area (Å²) in [5.74, 6) is 0.775. The summed E-state index contributed by atoms with van der Waals surface area (Å²) in [5.41, 5.74) is 2.13. The molecule has 0 spiro atoms. The first-order valence-electron chi connectivity index (χ1n) is 12.8. The molecule has 0 radical (unpaired) electrons. The third kappa shape index (κ3) is 5.12. The number of piperazine rings is 1. The molecule has 1 aromatic carbocycles. The number of ether oxygens (including phenoxy) is 1. The van der Waals surface area contributed by atoms with Crippen molar-refractivity contribution in [3.63, 3.8) is 0 Å². The second-order valence-corrected chi connectivity index (χ2v) is 10.7. The minimum Gasteiger partial charge on any atom is -0.444 e. The highest BCUT2D eigenvalue weighted by molar-refractivity contribution is 6.02. The van der Waals surface area contributed by atoms with E-state index in [-0.39, 0.29) is 18.0 Å². The number of nitrogens with zero attached hydrogens (tertiary/aromatic N) is 7. The lowest BCUT2D eigenvalue weighted by Gasteiger charge is -2.41. The maximum Gasteiger partial charge on any atom is 0.410 e. The lowest BCUT2D eigenvalue weighted by atomic mass is 10.0. The Morgan fingerprint density at radius 3 is 2.62 bits per heavy atom. The van der Waals surface area contributed by atoms with E-state index < -0.39 is 5.60 Å². The van der Waals surface area contributed by atoms with Crippen LogP contribution < -0.4 is 4.90 Å². The molecule has 39 heavy (non-hydrogen) atoms. The van der Waals surface area contributed by atoms with Gasteiger partial charge in [0.1, 0.15) is 29.4 Å². The highest BCUT2D eigenvalue weighted by Crippen LogP contribution is 2.38. The van der Waals surface area contributed by atoms with E-state index in [9.17, 15) is 10.1 Å². The van der Waals surface area contributed by atoms with E-state index >= 15 is 4.39 Å². The van der Waals surface area contributed by atoms with E-state index in [1.807, 2.05) is 34.6 Å². The number of aryl methyl sites for hydroxylation is 1. The fraction of sp³-hybridized carbons (Fsp3) is 0.345. The summed E-state index contributed by atoms with van der Waals surface area (Å²) in [6.45, 7) is 10.8. The second-order valence-electron chi connectivity index (χ2n) is 10.7. The molecule has 0 N–H and O–H groups in total. The highest BCUT2D eigenvalue weighted by Gasteiger charge is 2.32. The molecule has 0 bridgehead atoms. The molecule has 1 fully saturated rings. The largest absolute Gasteiger partial charge is 0.444 e. The molecule has 1 saturated heterocycles. The van der Waals surface area contributed by atoms with Crippen LogP contribution in [0.15, 0.2) is 48.9 Å². The zero-order chi connectivity index (χ0) is 27.9. The summed E-state index contributed by atoms with van der Waals surface area (Å²) in [6, 6.07) is 12.0. The number of nitriles is 1. The first-order valence-corrected chi connectivity index (χ1v) is 12.8. The van der Waals surface area contributed by atoms with Crippen molar-refractivity contribution >= 4 is 22.9 Å². The number of hydrogen-bond acceptors (Lipinski definition) is 7. The maximum atomic E-state index is 15.1. The van der Waals surface area contributed by atoms with Crippen LogP contribution in [0.25, 0.3) is 28.0 Å². The van der Waals surface area contributed by atoms with Gasteiger partial charge >= 0.3 is 6.09 Å². The lowest BCUT2D eigenvalue weighted by molar-refractivity contribution is 0.0218. The first-order chi connectivity index (χ1) is 18.6. The summed E-state index contributed by atoms with van der Waals surface area (Å²) in [7, 11) is 0. The van der Waals surface area contributed by atoms with Gasteiger partial charge in [0.05, 0.1) is 17.0 Å². The van der Waals surface area contributed by atoms with Crippen LogP contribution >= 0.6 is 0 Å². The molecule has 1 amide bonds. The zero-order valence-electron chi connectivity index (χ0n) is 22.6. The first kappa shape index (κ1) is 26.1. The standard InChI is InChI=1S/C29H30FN7O2/c1-18-12-20(14-31)13-24(34-18)37-16-22(21-8-6-7-9-23(21)30)25-26(32-17-33-27(25)37)36-11-10-35(15-19(36)2)28(38)39-29(3,4)5/h6-9,12-13,16-17,19H,10-11,15H2,1-5H3/t19-/m0/s1. The molecule has 0 unspecified atom stereocenters. The van der Waals surface area contributed by atoms with Gasteiger partial charge in [0.15, 0.2) is 5.65 Å². The number of carbonyl (C=O) groups is 1. The zero-order valence-corrected chi connectivity index (χ0v) is 22.6. The van der Waals surface area contributed by atoms with Gasteiger partial charge in [-0.1, -0.05) is 18.2 Å². The highest BCUT2D eigenvalue weighted by atomic mass is 19.1. The fourth-order valence-electron chi connectivity index (χ4n) is 4.93. The lowest BCUT2D eigenvalue weighted by Crippen LogP contribution is -2.54. The predicted molar refractivity (Wildman–Crippen MR) is 146 cm³/mol. The Kier molecular flexibility index (Phi) is 6.68. The molecule has 1 aliphatic rings. The Hall–Kier alpha value is -4.52. The van der Waals surface area contributed by atoms with Gasteiger partial charge < -0.3 is 14.5 Å². The van der Waals surface area contributed by atoms with Crippen molar-refractivity contribution in [2.45, 2.75) is 46.3 Å². The number of carbonyl (C=O) groups excluding carboxylic acids is 1. The van der Waals surface area contributed by atoms with Crippen molar-refractivity contribution < 1.29 is 13.9 Å². The molecule has 1 aliphatic heterocycles. The number of halogens is 1. The van der Waals surface area contributed by atoms with Crippen LogP contribution in [0.4, 0.5) is 15.0 Å². The topological polar surface area (TPSA) is 100 Å². The summed E-state index contributed by atoms with van der Waals surface area (Å²) in [5, 5.41) is 10.2. The van der Waals surface area contributed by atoms with E-state index in [0.717, 1.165) is 0 Å². The molecule has 4 aromatic rings. The van der Waals surface area contributed by atoms with Gasteiger partial charge in [-0.15, -0.1) is 0 Å². The molecular formula is C29H30FN7O2. The van der Waals surface area contributed by atoms with Gasteiger partial charge in [0.25, 0.3) is 0 Å². The molecule has 1 atom stereocenters. The van der Waals surface area contributed by atoms with Gasteiger partial charge in [-0.2, -0.15) is 5.26 Å². The monoisotopic (exact) mass is 527 g/mol. The number of fused-ring (bicyclic) bond motifs is 1. The number of pyridine rings is 1. The van der Waals surface area contributed by atoms with Gasteiger partial charge in [-0.3, -0.25) is 4.57 Å². The normalized spacial score (nSPS) is 15.9. The number of rotatable bonds is 3. The fourth-order valence-corrected chi connectivity index (χ4v) is 4.93. The van der Waals surface area contributed by atoms with Crippen molar-refractivity contribution in [2.24, 2.45) is 0 Å². The van der Waals surface area contributed by atoms with Crippen LogP contribution in [0.1, 0.15) is 39.0 Å². The van der Waals surface area contributed by atoms with E-state index in [2.05, 4.69) is 25.9 Å². The molecule has 0 saturated carbocycles. The Bertz CT molecular complexity index is 1600. The molecular weight excluding hydrogens is 497 g/mol. The Morgan fingerprint density at radius 2 is 1.92 bits per heavy atom. The molecule has 200 valence electrons. The number of anilines is 1. The number of aromatic nitrogens is 4. The third-order valence-corrected chi connectivity index (χ3v) is 6.59. The minimum absolute atomic E-state index is 0.0940. The molecule has 0 aliphatic carbocycles. The van der Waals surface area contributed by atoms with Crippen LogP contribution in [0, 0.1) is 24.1 Å². The third-order valence-electron chi connectivity index (χ3n) is 6.59. The van der Waals surface area contributed by atoms with E-state index in [0.29, 0.717) is 64.7 Å². The molecule has 9 nitrogen and oxygen atoms in total. The van der Waals surface area contributed by atoms with E-state index in [1.165, 1.54) is 12.4 Å². The minimum atomic E-state index is -0.580. The van der Waals surface area contributed by atoms with Crippen LogP contribution in [0.5, 0.6) is 0 Å². The molecule has 4 heterocycles. The quantitative estimate of drug-likeness (QED) is 0.359. The van der Waals surface area contributed by atoms with Crippen molar-refractivity contribution in [3.05, 3.63) is 66.0 Å². The summed E-state index contributed by atoms with van der Waals surface area (Å²) in [6.07, 6.45) is 2.93. The predicted octanol–water partition coefficient (Wildman–Crippen LogP) is 5.25. The Balaban J connectivity index is 1.63. The average molecular weight is 528 g/mol. The van der Waals surface area contributed by atoms with Crippen molar-refractivity contribution in [3.8, 4) is 23.0 Å². The number of hydrogen-bond donors (Lipinski definition) is 0. The van der Waals surface area contributed by atoms with E-state index in [4.69, 9.17) is 4.74 Å². The van der Waals surface area contributed by atoms with Crippen molar-refractivity contribution in [1.29, 1.82) is 5.26 Å². The van der Waals surface area contributed by atoms with Gasteiger partial charge in [0.2, 0.25) is 0 Å². The summed E-state index contributed by atoms with van der Waals surface area (Å²) >= 11 is 0. The molecule has 3 aromatic heterocycles. The van der Waals surface area contributed by atoms with Gasteiger partial charge in [-0.05, 0) is 52.8 Å². The number of amides is 1. The Morgan fingerprint density at radius 1 is 1.15 bits per heavy atom. The van der Waals surface area contributed by atoms with Crippen LogP contribution in [-0.2, 0) is 4.74 Å². The maximum absolute atomic E-state index is 15.1.